The molecule has 0 aliphatic carbocycles. The number of rotatable bonds is 13. The molecular formula is C13H30N2O4S. The largest absolute Gasteiger partial charge is 0.380 e. The van der Waals surface area contributed by atoms with E-state index in [0.717, 1.165) is 6.54 Å². The third-order valence-corrected chi connectivity index (χ3v) is 5.20. The highest BCUT2D eigenvalue weighted by atomic mass is 32.2. The molecule has 20 heavy (non-hydrogen) atoms. The Morgan fingerprint density at radius 3 is 1.95 bits per heavy atom. The first-order valence-corrected chi connectivity index (χ1v) is 8.86. The van der Waals surface area contributed by atoms with Gasteiger partial charge in [-0.3, -0.25) is 0 Å². The molecule has 0 aromatic heterocycles. The zero-order valence-corrected chi connectivity index (χ0v) is 14.0. The van der Waals surface area contributed by atoms with E-state index in [9.17, 15) is 8.42 Å². The van der Waals surface area contributed by atoms with E-state index in [4.69, 9.17) is 9.47 Å². The van der Waals surface area contributed by atoms with Crippen LogP contribution in [0.25, 0.3) is 0 Å². The minimum atomic E-state index is -3.32. The van der Waals surface area contributed by atoms with Crippen molar-refractivity contribution in [1.82, 2.24) is 9.62 Å². The molecular weight excluding hydrogens is 280 g/mol. The molecule has 0 fully saturated rings. The minimum Gasteiger partial charge on any atom is -0.380 e. The normalized spacial score (nSPS) is 13.8. The number of sulfonamides is 1. The zero-order valence-electron chi connectivity index (χ0n) is 13.2. The van der Waals surface area contributed by atoms with Gasteiger partial charge in [0.15, 0.2) is 0 Å². The van der Waals surface area contributed by atoms with Gasteiger partial charge in [0, 0.05) is 32.8 Å². The van der Waals surface area contributed by atoms with Gasteiger partial charge >= 0.3 is 0 Å². The first kappa shape index (κ1) is 19.8. The van der Waals surface area contributed by atoms with Crippen LogP contribution < -0.4 is 5.32 Å². The van der Waals surface area contributed by atoms with Crippen molar-refractivity contribution >= 4 is 10.0 Å². The van der Waals surface area contributed by atoms with E-state index in [1.165, 1.54) is 4.31 Å². The molecule has 0 aliphatic rings. The van der Waals surface area contributed by atoms with Gasteiger partial charge in [-0.2, -0.15) is 4.31 Å². The Morgan fingerprint density at radius 2 is 1.55 bits per heavy atom. The van der Waals surface area contributed by atoms with Crippen LogP contribution in [0.5, 0.6) is 0 Å². The van der Waals surface area contributed by atoms with Crippen molar-refractivity contribution in [3.8, 4) is 0 Å². The predicted octanol–water partition coefficient (Wildman–Crippen LogP) is 0.689. The van der Waals surface area contributed by atoms with Crippen molar-refractivity contribution in [2.45, 2.75) is 32.9 Å². The Morgan fingerprint density at radius 1 is 1.05 bits per heavy atom. The molecule has 0 aliphatic heterocycles. The maximum absolute atomic E-state index is 12.5. The molecule has 0 amide bonds. The molecule has 0 saturated carbocycles. The fourth-order valence-corrected chi connectivity index (χ4v) is 3.19. The Labute approximate surface area is 123 Å². The summed E-state index contributed by atoms with van der Waals surface area (Å²) in [5, 5.41) is 2.62. The maximum atomic E-state index is 12.5. The topological polar surface area (TPSA) is 67.9 Å². The summed E-state index contributed by atoms with van der Waals surface area (Å²) in [5.74, 6) is 0. The van der Waals surface area contributed by atoms with E-state index < -0.39 is 15.3 Å². The van der Waals surface area contributed by atoms with E-state index in [2.05, 4.69) is 5.32 Å². The molecule has 0 radical (unpaired) electrons. The number of ether oxygens (including phenoxy) is 2. The lowest BCUT2D eigenvalue weighted by atomic mass is 10.5. The number of nitrogens with one attached hydrogen (secondary N) is 1. The molecule has 0 aromatic carbocycles. The van der Waals surface area contributed by atoms with E-state index in [1.54, 1.807) is 6.92 Å². The maximum Gasteiger partial charge on any atom is 0.218 e. The molecule has 1 atom stereocenters. The van der Waals surface area contributed by atoms with Crippen LogP contribution in [0.2, 0.25) is 0 Å². The van der Waals surface area contributed by atoms with Crippen molar-refractivity contribution in [2.24, 2.45) is 0 Å². The standard InChI is InChI=1S/C13H30N2O4S/c1-5-14-12-13(4)20(16,17)15(8-10-18-6-2)9-11-19-7-3/h13-14H,5-12H2,1-4H3. The summed E-state index contributed by atoms with van der Waals surface area (Å²) in [7, 11) is -3.32. The Bertz CT molecular complexity index is 312. The van der Waals surface area contributed by atoms with Gasteiger partial charge in [0.1, 0.15) is 0 Å². The summed E-state index contributed by atoms with van der Waals surface area (Å²) in [6.45, 7) is 11.5. The summed E-state index contributed by atoms with van der Waals surface area (Å²) >= 11 is 0. The molecule has 0 heterocycles. The lowest BCUT2D eigenvalue weighted by molar-refractivity contribution is 0.110. The molecule has 0 aromatic rings. The minimum absolute atomic E-state index is 0.375. The average Bonchev–Trinajstić information content (AvgIpc) is 2.43. The second-order valence-electron chi connectivity index (χ2n) is 4.46. The average molecular weight is 310 g/mol. The van der Waals surface area contributed by atoms with Crippen LogP contribution in [-0.2, 0) is 19.5 Å². The first-order chi connectivity index (χ1) is 9.50. The first-order valence-electron chi connectivity index (χ1n) is 7.35. The fourth-order valence-electron chi connectivity index (χ4n) is 1.70. The molecule has 0 bridgehead atoms. The van der Waals surface area contributed by atoms with Gasteiger partial charge in [0.2, 0.25) is 10.0 Å². The van der Waals surface area contributed by atoms with Crippen molar-refractivity contribution in [2.75, 3.05) is 52.6 Å². The lowest BCUT2D eigenvalue weighted by Gasteiger charge is -2.25. The quantitative estimate of drug-likeness (QED) is 0.507. The molecule has 0 rings (SSSR count). The van der Waals surface area contributed by atoms with Gasteiger partial charge in [-0.25, -0.2) is 8.42 Å². The molecule has 7 heteroatoms. The van der Waals surface area contributed by atoms with Crippen LogP contribution >= 0.6 is 0 Å². The van der Waals surface area contributed by atoms with Gasteiger partial charge in [-0.15, -0.1) is 0 Å². The van der Waals surface area contributed by atoms with E-state index in [-0.39, 0.29) is 0 Å². The SMILES string of the molecule is CCNCC(C)S(=O)(=O)N(CCOCC)CCOCC. The summed E-state index contributed by atoms with van der Waals surface area (Å²) in [5.41, 5.74) is 0. The highest BCUT2D eigenvalue weighted by Gasteiger charge is 2.27. The molecule has 1 unspecified atom stereocenters. The molecule has 122 valence electrons. The van der Waals surface area contributed by atoms with E-state index in [0.29, 0.717) is 46.1 Å². The highest BCUT2D eigenvalue weighted by molar-refractivity contribution is 7.89. The van der Waals surface area contributed by atoms with Gasteiger partial charge in [-0.1, -0.05) is 6.92 Å². The number of nitrogens with zero attached hydrogens (tertiary/aromatic N) is 1. The summed E-state index contributed by atoms with van der Waals surface area (Å²) in [6, 6.07) is 0. The number of hydrogen-bond acceptors (Lipinski definition) is 5. The van der Waals surface area contributed by atoms with E-state index >= 15 is 0 Å². The van der Waals surface area contributed by atoms with Gasteiger partial charge < -0.3 is 14.8 Å². The third-order valence-electron chi connectivity index (χ3n) is 2.93. The van der Waals surface area contributed by atoms with Crippen LogP contribution in [0.4, 0.5) is 0 Å². The molecule has 6 nitrogen and oxygen atoms in total. The summed E-state index contributed by atoms with van der Waals surface area (Å²) < 4.78 is 37.0. The van der Waals surface area contributed by atoms with Crippen molar-refractivity contribution < 1.29 is 17.9 Å². The second kappa shape index (κ2) is 11.4. The predicted molar refractivity (Wildman–Crippen MR) is 81.5 cm³/mol. The Kier molecular flexibility index (Phi) is 11.3. The lowest BCUT2D eigenvalue weighted by Crippen LogP contribution is -2.44. The molecule has 1 N–H and O–H groups in total. The third kappa shape index (κ3) is 7.54. The summed E-state index contributed by atoms with van der Waals surface area (Å²) in [6.07, 6.45) is 0. The van der Waals surface area contributed by atoms with Crippen molar-refractivity contribution in [1.29, 1.82) is 0 Å². The molecule has 0 spiro atoms. The summed E-state index contributed by atoms with van der Waals surface area (Å²) in [4.78, 5) is 0. The van der Waals surface area contributed by atoms with Gasteiger partial charge in [0.25, 0.3) is 0 Å². The Hall–Kier alpha value is -0.210. The second-order valence-corrected chi connectivity index (χ2v) is 6.81. The monoisotopic (exact) mass is 310 g/mol. The van der Waals surface area contributed by atoms with E-state index in [1.807, 2.05) is 20.8 Å². The highest BCUT2D eigenvalue weighted by Crippen LogP contribution is 2.08. The van der Waals surface area contributed by atoms with Crippen molar-refractivity contribution in [3.05, 3.63) is 0 Å². The van der Waals surface area contributed by atoms with Gasteiger partial charge in [-0.05, 0) is 27.3 Å². The van der Waals surface area contributed by atoms with Crippen LogP contribution in [0.3, 0.4) is 0 Å². The van der Waals surface area contributed by atoms with Crippen LogP contribution in [0, 0.1) is 0 Å². The number of hydrogen-bond donors (Lipinski definition) is 1. The molecule has 0 saturated heterocycles. The van der Waals surface area contributed by atoms with Crippen LogP contribution in [0.15, 0.2) is 0 Å². The zero-order chi connectivity index (χ0) is 15.4. The Balaban J connectivity index is 4.60. The van der Waals surface area contributed by atoms with Crippen molar-refractivity contribution in [3.63, 3.8) is 0 Å². The van der Waals surface area contributed by atoms with Crippen LogP contribution in [0.1, 0.15) is 27.7 Å². The van der Waals surface area contributed by atoms with Crippen LogP contribution in [-0.4, -0.2) is 70.6 Å². The fraction of sp³-hybridized carbons (Fsp3) is 1.00. The smallest absolute Gasteiger partial charge is 0.218 e. The van der Waals surface area contributed by atoms with Gasteiger partial charge in [0.05, 0.1) is 18.5 Å².